The lowest BCUT2D eigenvalue weighted by Crippen LogP contribution is -2.54. The molecule has 0 bridgehead atoms. The van der Waals surface area contributed by atoms with Gasteiger partial charge in [0.25, 0.3) is 0 Å². The lowest BCUT2D eigenvalue weighted by Gasteiger charge is -2.58. The summed E-state index contributed by atoms with van der Waals surface area (Å²) in [5.74, 6) is 2.58. The van der Waals surface area contributed by atoms with Gasteiger partial charge in [-0.05, 0) is 74.7 Å². The Morgan fingerprint density at radius 1 is 1.17 bits per heavy atom. The third-order valence-corrected chi connectivity index (χ3v) is 8.92. The number of Topliss-reactive ketones (excluding diaryl/α,β-unsaturated/α-hetero) is 1. The molecule has 1 saturated heterocycles. The van der Waals surface area contributed by atoms with Gasteiger partial charge in [-0.15, -0.1) is 0 Å². The van der Waals surface area contributed by atoms with E-state index in [9.17, 15) is 9.59 Å². The van der Waals surface area contributed by atoms with Crippen molar-refractivity contribution in [1.29, 1.82) is 0 Å². The fourth-order valence-corrected chi connectivity index (χ4v) is 7.62. The molecule has 0 amide bonds. The van der Waals surface area contributed by atoms with E-state index < -0.39 is 5.60 Å². The Hall–Kier alpha value is -0.960. The molecule has 0 radical (unpaired) electrons. The Kier molecular flexibility index (Phi) is 2.81. The van der Waals surface area contributed by atoms with Crippen LogP contribution in [-0.4, -0.2) is 23.3 Å². The number of ether oxygens (including phenoxy) is 1. The Labute approximate surface area is 144 Å². The van der Waals surface area contributed by atoms with E-state index in [0.717, 1.165) is 25.7 Å². The predicted molar refractivity (Wildman–Crippen MR) is 90.4 cm³/mol. The zero-order chi connectivity index (χ0) is 16.9. The van der Waals surface area contributed by atoms with Crippen LogP contribution in [0.1, 0.15) is 65.7 Å². The van der Waals surface area contributed by atoms with Gasteiger partial charge >= 0.3 is 0 Å². The van der Waals surface area contributed by atoms with Crippen molar-refractivity contribution < 1.29 is 14.3 Å². The maximum Gasteiger partial charge on any atom is 0.164 e. The number of allylic oxidation sites excluding steroid dienone is 1. The topological polar surface area (TPSA) is 46.7 Å². The second-order valence-corrected chi connectivity index (χ2v) is 9.56. The van der Waals surface area contributed by atoms with E-state index in [0.29, 0.717) is 30.0 Å². The standard InChI is InChI=1S/C21H28O3/c1-12(22)21-18(24-21)11-17-15-5-4-13-10-14(23)6-8-19(13,2)16(15)7-9-20(17,21)3/h10,15-18H,4-9,11H2,1-3H3/t15?,16?,17?,18-,19?,20?,21+/m0/s1. The number of carbonyl (C=O) groups is 2. The molecule has 4 aliphatic carbocycles. The summed E-state index contributed by atoms with van der Waals surface area (Å²) >= 11 is 0. The van der Waals surface area contributed by atoms with Crippen LogP contribution in [0, 0.1) is 28.6 Å². The van der Waals surface area contributed by atoms with Gasteiger partial charge in [-0.2, -0.15) is 0 Å². The SMILES string of the molecule is CC(=O)[C@@]12O[C@H]1CC1C3CCC4=CC(=O)CCC4(C)C3CCC12C. The lowest BCUT2D eigenvalue weighted by atomic mass is 9.46. The van der Waals surface area contributed by atoms with Gasteiger partial charge in [0, 0.05) is 11.8 Å². The maximum atomic E-state index is 12.4. The van der Waals surface area contributed by atoms with Crippen LogP contribution in [0.25, 0.3) is 0 Å². The van der Waals surface area contributed by atoms with Crippen molar-refractivity contribution in [2.45, 2.75) is 77.4 Å². The van der Waals surface area contributed by atoms with Crippen LogP contribution < -0.4 is 0 Å². The zero-order valence-corrected chi connectivity index (χ0v) is 15.1. The Morgan fingerprint density at radius 2 is 1.96 bits per heavy atom. The van der Waals surface area contributed by atoms with Crippen molar-refractivity contribution in [2.24, 2.45) is 28.6 Å². The minimum atomic E-state index is -0.456. The molecule has 0 aromatic carbocycles. The van der Waals surface area contributed by atoms with Crippen molar-refractivity contribution in [3.8, 4) is 0 Å². The highest BCUT2D eigenvalue weighted by atomic mass is 16.6. The van der Waals surface area contributed by atoms with E-state index in [-0.39, 0.29) is 22.7 Å². The average molecular weight is 328 g/mol. The van der Waals surface area contributed by atoms with E-state index in [1.807, 2.05) is 6.08 Å². The normalized spacial score (nSPS) is 55.0. The van der Waals surface area contributed by atoms with Crippen molar-refractivity contribution in [3.05, 3.63) is 11.6 Å². The Morgan fingerprint density at radius 3 is 2.71 bits per heavy atom. The van der Waals surface area contributed by atoms with Crippen LogP contribution in [0.15, 0.2) is 11.6 Å². The number of rotatable bonds is 1. The molecule has 0 aromatic rings. The first-order valence-electron chi connectivity index (χ1n) is 9.76. The fourth-order valence-electron chi connectivity index (χ4n) is 7.62. The largest absolute Gasteiger partial charge is 0.357 e. The van der Waals surface area contributed by atoms with E-state index in [4.69, 9.17) is 4.74 Å². The highest BCUT2D eigenvalue weighted by Gasteiger charge is 2.79. The minimum absolute atomic E-state index is 0.0345. The molecule has 130 valence electrons. The first kappa shape index (κ1) is 15.3. The molecule has 0 spiro atoms. The van der Waals surface area contributed by atoms with Gasteiger partial charge in [-0.3, -0.25) is 9.59 Å². The summed E-state index contributed by atoms with van der Waals surface area (Å²) < 4.78 is 5.99. The third kappa shape index (κ3) is 1.54. The molecule has 1 heterocycles. The van der Waals surface area contributed by atoms with Gasteiger partial charge in [0.1, 0.15) is 0 Å². The number of ketones is 2. The molecule has 5 rings (SSSR count). The van der Waals surface area contributed by atoms with E-state index >= 15 is 0 Å². The van der Waals surface area contributed by atoms with Gasteiger partial charge in [0.15, 0.2) is 17.2 Å². The summed E-state index contributed by atoms with van der Waals surface area (Å²) in [5, 5.41) is 0. The molecule has 0 N–H and O–H groups in total. The summed E-state index contributed by atoms with van der Waals surface area (Å²) in [6.45, 7) is 6.48. The van der Waals surface area contributed by atoms with Gasteiger partial charge < -0.3 is 4.74 Å². The summed E-state index contributed by atoms with van der Waals surface area (Å²) in [6.07, 6.45) is 9.53. The summed E-state index contributed by atoms with van der Waals surface area (Å²) in [4.78, 5) is 24.3. The van der Waals surface area contributed by atoms with E-state index in [2.05, 4.69) is 13.8 Å². The maximum absolute atomic E-state index is 12.4. The first-order chi connectivity index (χ1) is 11.3. The molecule has 3 saturated carbocycles. The molecule has 24 heavy (non-hydrogen) atoms. The molecule has 1 aliphatic heterocycles. The first-order valence-corrected chi connectivity index (χ1v) is 9.76. The van der Waals surface area contributed by atoms with Crippen molar-refractivity contribution >= 4 is 11.6 Å². The van der Waals surface area contributed by atoms with E-state index in [1.165, 1.54) is 18.4 Å². The fraction of sp³-hybridized carbons (Fsp3) is 0.810. The number of fused-ring (bicyclic) bond motifs is 7. The van der Waals surface area contributed by atoms with Gasteiger partial charge in [0.05, 0.1) is 6.10 Å². The molecule has 5 aliphatic rings. The Balaban J connectivity index is 1.52. The predicted octanol–water partition coefficient (Wildman–Crippen LogP) is 3.85. The number of carbonyl (C=O) groups excluding carboxylic acids is 2. The van der Waals surface area contributed by atoms with Crippen LogP contribution in [0.2, 0.25) is 0 Å². The van der Waals surface area contributed by atoms with Crippen LogP contribution in [0.3, 0.4) is 0 Å². The summed E-state index contributed by atoms with van der Waals surface area (Å²) in [6, 6.07) is 0. The molecule has 3 heteroatoms. The lowest BCUT2D eigenvalue weighted by molar-refractivity contribution is -0.136. The molecular formula is C21H28O3. The number of hydrogen-bond donors (Lipinski definition) is 0. The highest BCUT2D eigenvalue weighted by molar-refractivity contribution is 5.92. The van der Waals surface area contributed by atoms with Crippen molar-refractivity contribution in [3.63, 3.8) is 0 Å². The molecule has 5 unspecified atom stereocenters. The van der Waals surface area contributed by atoms with Crippen molar-refractivity contribution in [2.75, 3.05) is 0 Å². The average Bonchev–Trinajstić information content (AvgIpc) is 3.21. The highest BCUT2D eigenvalue weighted by Crippen LogP contribution is 2.73. The number of hydrogen-bond acceptors (Lipinski definition) is 3. The van der Waals surface area contributed by atoms with E-state index in [1.54, 1.807) is 6.92 Å². The Bertz CT molecular complexity index is 679. The number of epoxide rings is 1. The molecule has 7 atom stereocenters. The second-order valence-electron chi connectivity index (χ2n) is 9.56. The summed E-state index contributed by atoms with van der Waals surface area (Å²) in [7, 11) is 0. The second kappa shape index (κ2) is 4.41. The third-order valence-electron chi connectivity index (χ3n) is 8.92. The van der Waals surface area contributed by atoms with Crippen LogP contribution in [0.5, 0.6) is 0 Å². The monoisotopic (exact) mass is 328 g/mol. The van der Waals surface area contributed by atoms with Gasteiger partial charge in [-0.1, -0.05) is 19.4 Å². The van der Waals surface area contributed by atoms with Crippen LogP contribution in [-0.2, 0) is 14.3 Å². The minimum Gasteiger partial charge on any atom is -0.357 e. The molecule has 4 fully saturated rings. The molecule has 0 aromatic heterocycles. The van der Waals surface area contributed by atoms with Crippen LogP contribution in [0.4, 0.5) is 0 Å². The van der Waals surface area contributed by atoms with Gasteiger partial charge in [0.2, 0.25) is 0 Å². The smallest absolute Gasteiger partial charge is 0.164 e. The molecular weight excluding hydrogens is 300 g/mol. The zero-order valence-electron chi connectivity index (χ0n) is 15.1. The quantitative estimate of drug-likeness (QED) is 0.687. The molecule has 3 nitrogen and oxygen atoms in total. The summed E-state index contributed by atoms with van der Waals surface area (Å²) in [5.41, 5.74) is 1.22. The van der Waals surface area contributed by atoms with Crippen molar-refractivity contribution in [1.82, 2.24) is 0 Å². The van der Waals surface area contributed by atoms with Crippen LogP contribution >= 0.6 is 0 Å². The van der Waals surface area contributed by atoms with Gasteiger partial charge in [-0.25, -0.2) is 0 Å².